The van der Waals surface area contributed by atoms with Gasteiger partial charge < -0.3 is 10.1 Å². The van der Waals surface area contributed by atoms with E-state index in [9.17, 15) is 0 Å². The summed E-state index contributed by atoms with van der Waals surface area (Å²) in [7, 11) is 0. The van der Waals surface area contributed by atoms with E-state index in [1.165, 1.54) is 0 Å². The Morgan fingerprint density at radius 3 is 2.93 bits per heavy atom. The molecule has 2 N–H and O–H groups in total. The lowest BCUT2D eigenvalue weighted by Crippen LogP contribution is -1.89. The number of nitrogen functional groups attached to an aromatic ring is 1. The van der Waals surface area contributed by atoms with Crippen LogP contribution < -0.4 is 5.73 Å². The first-order valence-corrected chi connectivity index (χ1v) is 4.60. The molecular formula is C11H11N3. The third-order valence-corrected chi connectivity index (χ3v) is 2.63. The maximum Gasteiger partial charge on any atom is 0.145 e. The number of aryl methyl sites for hydroxylation is 1. The predicted octanol–water partition coefficient (Wildman–Crippen LogP) is 2.08. The minimum atomic E-state index is 0.858. The SMILES string of the molecule is Cc1cn2cc3ccccn3c2c1N. The van der Waals surface area contributed by atoms with Gasteiger partial charge in [-0.1, -0.05) is 6.07 Å². The quantitative estimate of drug-likeness (QED) is 0.571. The number of anilines is 1. The summed E-state index contributed by atoms with van der Waals surface area (Å²) in [6.07, 6.45) is 6.16. The molecule has 0 bridgehead atoms. The smallest absolute Gasteiger partial charge is 0.145 e. The molecule has 0 aliphatic rings. The zero-order chi connectivity index (χ0) is 9.71. The van der Waals surface area contributed by atoms with Crippen LogP contribution in [0.3, 0.4) is 0 Å². The summed E-state index contributed by atoms with van der Waals surface area (Å²) in [6, 6.07) is 6.11. The number of rotatable bonds is 0. The summed E-state index contributed by atoms with van der Waals surface area (Å²) in [5.74, 6) is 0. The molecule has 0 unspecified atom stereocenters. The third kappa shape index (κ3) is 0.763. The molecule has 0 radical (unpaired) electrons. The van der Waals surface area contributed by atoms with Gasteiger partial charge in [-0.25, -0.2) is 0 Å². The van der Waals surface area contributed by atoms with Crippen LogP contribution in [0.4, 0.5) is 5.69 Å². The van der Waals surface area contributed by atoms with E-state index in [4.69, 9.17) is 5.73 Å². The fourth-order valence-corrected chi connectivity index (χ4v) is 1.90. The zero-order valence-corrected chi connectivity index (χ0v) is 7.94. The number of aromatic nitrogens is 2. The van der Waals surface area contributed by atoms with Crippen molar-refractivity contribution in [3.05, 3.63) is 42.4 Å². The van der Waals surface area contributed by atoms with Crippen molar-refractivity contribution in [2.24, 2.45) is 0 Å². The normalized spacial score (nSPS) is 11.5. The Morgan fingerprint density at radius 1 is 1.21 bits per heavy atom. The van der Waals surface area contributed by atoms with Crippen LogP contribution in [0.1, 0.15) is 5.56 Å². The van der Waals surface area contributed by atoms with E-state index >= 15 is 0 Å². The van der Waals surface area contributed by atoms with Crippen LogP contribution in [0, 0.1) is 6.92 Å². The predicted molar refractivity (Wildman–Crippen MR) is 57.5 cm³/mol. The Hall–Kier alpha value is -1.90. The van der Waals surface area contributed by atoms with E-state index in [1.807, 2.05) is 25.3 Å². The van der Waals surface area contributed by atoms with Gasteiger partial charge in [-0.3, -0.25) is 4.40 Å². The highest BCUT2D eigenvalue weighted by atomic mass is 15.1. The van der Waals surface area contributed by atoms with Gasteiger partial charge in [0.1, 0.15) is 5.65 Å². The Labute approximate surface area is 81.4 Å². The molecule has 0 aliphatic heterocycles. The molecule has 3 heteroatoms. The molecule has 70 valence electrons. The molecule has 3 rings (SSSR count). The topological polar surface area (TPSA) is 34.8 Å². The van der Waals surface area contributed by atoms with Crippen molar-refractivity contribution in [3.63, 3.8) is 0 Å². The molecule has 0 atom stereocenters. The van der Waals surface area contributed by atoms with Crippen LogP contribution in [0.5, 0.6) is 0 Å². The van der Waals surface area contributed by atoms with Gasteiger partial charge in [-0.2, -0.15) is 0 Å². The second-order valence-corrected chi connectivity index (χ2v) is 3.58. The summed E-state index contributed by atoms with van der Waals surface area (Å²) in [5.41, 5.74) is 10.2. The fourth-order valence-electron chi connectivity index (χ4n) is 1.90. The van der Waals surface area contributed by atoms with Crippen molar-refractivity contribution >= 4 is 16.9 Å². The molecule has 0 aromatic carbocycles. The molecular weight excluding hydrogens is 174 g/mol. The zero-order valence-electron chi connectivity index (χ0n) is 7.94. The third-order valence-electron chi connectivity index (χ3n) is 2.63. The Bertz CT molecular complexity index is 616. The number of pyridine rings is 1. The lowest BCUT2D eigenvalue weighted by Gasteiger charge is -1.95. The van der Waals surface area contributed by atoms with Crippen LogP contribution in [0.2, 0.25) is 0 Å². The van der Waals surface area contributed by atoms with E-state index in [0.717, 1.165) is 22.4 Å². The van der Waals surface area contributed by atoms with Gasteiger partial charge in [-0.05, 0) is 24.6 Å². The van der Waals surface area contributed by atoms with E-state index in [-0.39, 0.29) is 0 Å². The van der Waals surface area contributed by atoms with E-state index in [1.54, 1.807) is 0 Å². The molecule has 0 saturated carbocycles. The molecule has 14 heavy (non-hydrogen) atoms. The van der Waals surface area contributed by atoms with Crippen LogP contribution in [0.25, 0.3) is 11.2 Å². The Balaban J connectivity index is 2.62. The highest BCUT2D eigenvalue weighted by Crippen LogP contribution is 2.22. The molecule has 0 amide bonds. The minimum Gasteiger partial charge on any atom is -0.395 e. The van der Waals surface area contributed by atoms with Crippen molar-refractivity contribution in [1.29, 1.82) is 0 Å². The van der Waals surface area contributed by atoms with Crippen LogP contribution in [0.15, 0.2) is 36.8 Å². The highest BCUT2D eigenvalue weighted by Gasteiger charge is 2.08. The summed E-state index contributed by atoms with van der Waals surface area (Å²) in [5, 5.41) is 0. The molecule has 0 spiro atoms. The van der Waals surface area contributed by atoms with Gasteiger partial charge in [0.25, 0.3) is 0 Å². The first-order valence-electron chi connectivity index (χ1n) is 4.60. The Morgan fingerprint density at radius 2 is 2.07 bits per heavy atom. The van der Waals surface area contributed by atoms with E-state index in [0.29, 0.717) is 0 Å². The number of hydrogen-bond donors (Lipinski definition) is 1. The number of nitrogens with zero attached hydrogens (tertiary/aromatic N) is 2. The fraction of sp³-hybridized carbons (Fsp3) is 0.0909. The molecule has 0 aliphatic carbocycles. The summed E-state index contributed by atoms with van der Waals surface area (Å²) in [4.78, 5) is 0. The number of hydrogen-bond acceptors (Lipinski definition) is 1. The van der Waals surface area contributed by atoms with Crippen LogP contribution in [-0.2, 0) is 0 Å². The molecule has 3 heterocycles. The standard InChI is InChI=1S/C11H11N3/c1-8-6-13-7-9-4-2-3-5-14(9)11(13)10(8)12/h2-7H,12H2,1H3. The second kappa shape index (κ2) is 2.32. The van der Waals surface area contributed by atoms with Gasteiger partial charge in [-0.15, -0.1) is 0 Å². The lowest BCUT2D eigenvalue weighted by atomic mass is 10.3. The summed E-state index contributed by atoms with van der Waals surface area (Å²) >= 11 is 0. The average molecular weight is 185 g/mol. The van der Waals surface area contributed by atoms with Crippen molar-refractivity contribution in [2.75, 3.05) is 5.73 Å². The second-order valence-electron chi connectivity index (χ2n) is 3.58. The molecule has 3 aromatic rings. The molecule has 0 saturated heterocycles. The van der Waals surface area contributed by atoms with Crippen molar-refractivity contribution in [3.8, 4) is 0 Å². The minimum absolute atomic E-state index is 0.858. The molecule has 3 nitrogen and oxygen atoms in total. The van der Waals surface area contributed by atoms with Gasteiger partial charge in [0.2, 0.25) is 0 Å². The van der Waals surface area contributed by atoms with E-state index in [2.05, 4.69) is 27.3 Å². The lowest BCUT2D eigenvalue weighted by molar-refractivity contribution is 1.18. The maximum absolute atomic E-state index is 6.01. The number of imidazole rings is 1. The van der Waals surface area contributed by atoms with Gasteiger partial charge >= 0.3 is 0 Å². The van der Waals surface area contributed by atoms with Gasteiger partial charge in [0.05, 0.1) is 11.2 Å². The highest BCUT2D eigenvalue weighted by molar-refractivity contribution is 5.75. The summed E-state index contributed by atoms with van der Waals surface area (Å²) < 4.78 is 4.17. The van der Waals surface area contributed by atoms with Crippen molar-refractivity contribution in [1.82, 2.24) is 8.80 Å². The molecule has 3 aromatic heterocycles. The monoisotopic (exact) mass is 185 g/mol. The molecule has 0 fully saturated rings. The average Bonchev–Trinajstić information content (AvgIpc) is 2.65. The van der Waals surface area contributed by atoms with Gasteiger partial charge in [0.15, 0.2) is 0 Å². The Kier molecular flexibility index (Phi) is 1.24. The first kappa shape index (κ1) is 7.50. The maximum atomic E-state index is 6.01. The number of nitrogens with two attached hydrogens (primary N) is 1. The van der Waals surface area contributed by atoms with Crippen LogP contribution in [-0.4, -0.2) is 8.80 Å². The van der Waals surface area contributed by atoms with Crippen molar-refractivity contribution < 1.29 is 0 Å². The van der Waals surface area contributed by atoms with E-state index < -0.39 is 0 Å². The van der Waals surface area contributed by atoms with Gasteiger partial charge in [0, 0.05) is 18.6 Å². The number of fused-ring (bicyclic) bond motifs is 3. The largest absolute Gasteiger partial charge is 0.395 e. The first-order chi connectivity index (χ1) is 6.77. The van der Waals surface area contributed by atoms with Crippen molar-refractivity contribution in [2.45, 2.75) is 6.92 Å². The summed E-state index contributed by atoms with van der Waals surface area (Å²) in [6.45, 7) is 2.03. The van der Waals surface area contributed by atoms with Crippen LogP contribution >= 0.6 is 0 Å².